The van der Waals surface area contributed by atoms with E-state index in [0.29, 0.717) is 0 Å². The number of aliphatic carboxylic acids is 1. The Morgan fingerprint density at radius 2 is 0.759 bits per heavy atom. The molecule has 0 aromatic carbocycles. The molecule has 2 aliphatic rings. The molecule has 9 atom stereocenters. The second-order valence-corrected chi connectivity index (χ2v) is 14.5. The monoisotopic (exact) mass is 1090 g/mol. The van der Waals surface area contributed by atoms with Crippen LogP contribution < -0.4 is 365 Å². The zero-order valence-electron chi connectivity index (χ0n) is 28.4. The van der Waals surface area contributed by atoms with E-state index in [4.69, 9.17) is 9.47 Å². The summed E-state index contributed by atoms with van der Waals surface area (Å²) in [6.45, 7) is -3.35. The Morgan fingerprint density at radius 3 is 1.09 bits per heavy atom. The first-order valence-corrected chi connectivity index (χ1v) is 18.8. The molecule has 0 aromatic heterocycles. The minimum atomic E-state index is -6.32. The number of carboxylic acids is 1. The van der Waals surface area contributed by atoms with Crippen molar-refractivity contribution >= 4 is 68.4 Å². The standard InChI is InChI=1S/C12H20O29S6.7K/c13-11(14)9-7(39-45(24,25)26)8(40-46(27,28)29)10(41-47(30,31)32)12(37-9)36-5-3(1-33-42(15,16)17)35-4(2-34-43(18,19)20)6(5)38-44(21,22)23;;;;;;;/h3-10,12H,1-2H2,(H,13,14)(H,15,16,17)(H,18,19,20)(H,21,22,23)(H,24,25,26)(H,27,28,29)(H,30,31,32);;;;;;;/q;7*+1/p-7/t3-,4-,5-,6-,7+,8+,9-,10-,12-;;;;;;;/m1......./s1. The third kappa shape index (κ3) is 31.2. The maximum absolute atomic E-state index is 11.7. The number of carbonyl (C=O) groups is 1. The fourth-order valence-corrected chi connectivity index (χ4v) is 6.33. The molecule has 0 aromatic rings. The van der Waals surface area contributed by atoms with E-state index in [1.165, 1.54) is 0 Å². The summed E-state index contributed by atoms with van der Waals surface area (Å²) in [7, 11) is -36.4. The first-order chi connectivity index (χ1) is 20.8. The molecule has 2 aliphatic heterocycles. The van der Waals surface area contributed by atoms with E-state index in [2.05, 4.69) is 29.8 Å². The zero-order chi connectivity index (χ0) is 36.6. The maximum atomic E-state index is 11.7. The maximum Gasteiger partial charge on any atom is 1.00 e. The van der Waals surface area contributed by atoms with Gasteiger partial charge in [0, 0.05) is 0 Å². The van der Waals surface area contributed by atoms with E-state index in [1.807, 2.05) is 0 Å². The van der Waals surface area contributed by atoms with Crippen molar-refractivity contribution in [3.8, 4) is 0 Å². The molecule has 0 spiro atoms. The van der Waals surface area contributed by atoms with Gasteiger partial charge < -0.3 is 51.4 Å². The molecule has 0 radical (unpaired) electrons. The normalized spacial score (nSPS) is 27.4. The minimum Gasteiger partial charge on any atom is -0.726 e. The van der Waals surface area contributed by atoms with Crippen LogP contribution >= 0.6 is 0 Å². The fraction of sp³-hybridized carbons (Fsp3) is 0.917. The number of carbonyl (C=O) groups excluding carboxylic acids is 1. The van der Waals surface area contributed by atoms with E-state index in [9.17, 15) is 87.7 Å². The van der Waals surface area contributed by atoms with Crippen LogP contribution in [-0.4, -0.2) is 152 Å². The van der Waals surface area contributed by atoms with E-state index < -0.39 is 137 Å². The van der Waals surface area contributed by atoms with Crippen molar-refractivity contribution in [3.05, 3.63) is 0 Å². The molecule has 2 rings (SSSR count). The van der Waals surface area contributed by atoms with Crippen LogP contribution in [0.5, 0.6) is 0 Å². The van der Waals surface area contributed by atoms with Crippen LogP contribution in [0.1, 0.15) is 0 Å². The van der Waals surface area contributed by atoms with Gasteiger partial charge in [0.05, 0.1) is 19.2 Å². The average Bonchev–Trinajstić information content (AvgIpc) is 3.11. The fourth-order valence-electron chi connectivity index (χ4n) is 3.78. The van der Waals surface area contributed by atoms with Gasteiger partial charge in [0.2, 0.25) is 62.4 Å². The smallest absolute Gasteiger partial charge is 0.726 e. The second kappa shape index (κ2) is 32.0. The van der Waals surface area contributed by atoms with E-state index in [-0.39, 0.29) is 360 Å². The molecule has 2 saturated heterocycles. The molecule has 0 aliphatic carbocycles. The number of rotatable bonds is 17. The molecule has 0 bridgehead atoms. The number of hydrogen-bond acceptors (Lipinski definition) is 29. The van der Waals surface area contributed by atoms with E-state index >= 15 is 0 Å². The molecule has 0 N–H and O–H groups in total. The predicted molar refractivity (Wildman–Crippen MR) is 117 cm³/mol. The van der Waals surface area contributed by atoms with Crippen molar-refractivity contribution < 1.29 is 487 Å². The van der Waals surface area contributed by atoms with Gasteiger partial charge in [-0.2, -0.15) is 0 Å². The first-order valence-electron chi connectivity index (χ1n) is 10.8. The van der Waals surface area contributed by atoms with Crippen LogP contribution in [0.4, 0.5) is 0 Å². The zero-order valence-corrected chi connectivity index (χ0v) is 55.2. The third-order valence-electron chi connectivity index (χ3n) is 5.09. The minimum absolute atomic E-state index is 0. The van der Waals surface area contributed by atoms with Crippen molar-refractivity contribution in [2.75, 3.05) is 13.2 Å². The summed E-state index contributed by atoms with van der Waals surface area (Å²) in [5, 5.41) is 11.7. The largest absolute Gasteiger partial charge is 1.00 e. The van der Waals surface area contributed by atoms with Crippen LogP contribution in [0.25, 0.3) is 0 Å². The Morgan fingerprint density at radius 1 is 0.444 bits per heavy atom. The quantitative estimate of drug-likeness (QED) is 0.0741. The van der Waals surface area contributed by atoms with Gasteiger partial charge in [0.1, 0.15) is 42.7 Å². The van der Waals surface area contributed by atoms with Crippen molar-refractivity contribution in [3.63, 3.8) is 0 Å². The average molecular weight is 1090 g/mol. The van der Waals surface area contributed by atoms with Crippen LogP contribution in [0, 0.1) is 0 Å². The van der Waals surface area contributed by atoms with Gasteiger partial charge in [-0.05, 0) is 0 Å². The van der Waals surface area contributed by atoms with Crippen molar-refractivity contribution in [1.82, 2.24) is 0 Å². The summed E-state index contributed by atoms with van der Waals surface area (Å²) in [6.07, 6.45) is -27.0. The molecule has 29 nitrogen and oxygen atoms in total. The molecule has 0 amide bonds. The molecule has 0 unspecified atom stereocenters. The van der Waals surface area contributed by atoms with Crippen molar-refractivity contribution in [2.45, 2.75) is 55.1 Å². The Bertz CT molecular complexity index is 1830. The van der Waals surface area contributed by atoms with E-state index in [0.717, 1.165) is 0 Å². The second-order valence-electron chi connectivity index (χ2n) is 8.32. The summed E-state index contributed by atoms with van der Waals surface area (Å²) < 4.78 is 240. The van der Waals surface area contributed by atoms with Crippen molar-refractivity contribution in [1.29, 1.82) is 0 Å². The summed E-state index contributed by atoms with van der Waals surface area (Å²) in [5.41, 5.74) is 0. The SMILES string of the molecule is O=C([O-])[C@@H]1O[C@@H](O[C@H]2[C@H](OS(=O)(=O)[O-])[C@@H](COS(=O)(=O)[O-])O[C@@H]2COS(=O)(=O)[O-])[C@H](OS(=O)(=O)[O-])[C@@H](OS(=O)(=O)[O-])[C@@H]1OS(=O)(=O)[O-].[K+].[K+].[K+].[K+].[K+].[K+].[K+]. The summed E-state index contributed by atoms with van der Waals surface area (Å²) in [4.78, 5) is 11.7. The molecule has 54 heavy (non-hydrogen) atoms. The van der Waals surface area contributed by atoms with Gasteiger partial charge in [0.15, 0.2) is 12.4 Å². The Labute approximate surface area is 605 Å². The third-order valence-corrected chi connectivity index (χ3v) is 7.78. The van der Waals surface area contributed by atoms with Crippen LogP contribution in [0.2, 0.25) is 0 Å². The summed E-state index contributed by atoms with van der Waals surface area (Å²) in [6, 6.07) is 0. The molecule has 2 fully saturated rings. The Balaban J connectivity index is -0.000000823. The predicted octanol–water partition coefficient (Wildman–Crippen LogP) is -30.0. The van der Waals surface area contributed by atoms with Gasteiger partial charge in [-0.1, -0.05) is 0 Å². The number of ether oxygens (including phenoxy) is 3. The van der Waals surface area contributed by atoms with Gasteiger partial charge in [-0.15, -0.1) is 0 Å². The topological polar surface area (TPSA) is 466 Å². The number of hydrogen-bond donors (Lipinski definition) is 0. The molecule has 278 valence electrons. The molecule has 2 heterocycles. The molecular weight excluding hydrogens is 1070 g/mol. The van der Waals surface area contributed by atoms with Crippen LogP contribution in [0.15, 0.2) is 0 Å². The van der Waals surface area contributed by atoms with Crippen molar-refractivity contribution in [2.24, 2.45) is 0 Å². The van der Waals surface area contributed by atoms with Gasteiger partial charge in [-0.25, -0.2) is 50.5 Å². The van der Waals surface area contributed by atoms with E-state index in [1.54, 1.807) is 0 Å². The Kier molecular flexibility index (Phi) is 44.8. The number of carboxylic acid groups (broad SMARTS) is 1. The first kappa shape index (κ1) is 75.5. The molecule has 0 saturated carbocycles. The molecular formula is C12H13K7O29S6. The molecule has 42 heteroatoms. The van der Waals surface area contributed by atoms with Gasteiger partial charge in [0.25, 0.3) is 0 Å². The van der Waals surface area contributed by atoms with Gasteiger partial charge in [-0.3, -0.25) is 25.1 Å². The van der Waals surface area contributed by atoms with Gasteiger partial charge >= 0.3 is 360 Å². The van der Waals surface area contributed by atoms with Crippen LogP contribution in [-0.2, 0) is 106 Å². The summed E-state index contributed by atoms with van der Waals surface area (Å²) in [5.74, 6) is -2.74. The van der Waals surface area contributed by atoms with Crippen LogP contribution in [0.3, 0.4) is 0 Å². The Hall–Kier alpha value is 10.0. The summed E-state index contributed by atoms with van der Waals surface area (Å²) >= 11 is 0.